The molecule has 34 heavy (non-hydrogen) atoms. The molecule has 10 nitrogen and oxygen atoms in total. The number of amides is 4. The Labute approximate surface area is 196 Å². The number of carbonyl (C=O) groups excluding carboxylic acids is 4. The summed E-state index contributed by atoms with van der Waals surface area (Å²) < 4.78 is 29.5. The number of rotatable bonds is 8. The first-order chi connectivity index (χ1) is 16.2. The van der Waals surface area contributed by atoms with Crippen LogP contribution in [0.15, 0.2) is 47.4 Å². The second kappa shape index (κ2) is 9.35. The predicted octanol–water partition coefficient (Wildman–Crippen LogP) is 1.60. The van der Waals surface area contributed by atoms with Gasteiger partial charge in [0.1, 0.15) is 6.04 Å². The Hall–Kier alpha value is -3.57. The van der Waals surface area contributed by atoms with E-state index in [-0.39, 0.29) is 35.5 Å². The first kappa shape index (κ1) is 23.6. The van der Waals surface area contributed by atoms with Crippen LogP contribution in [-0.4, -0.2) is 56.1 Å². The first-order valence-corrected chi connectivity index (χ1v) is 12.1. The number of nitrogens with zero attached hydrogens (tertiary/aromatic N) is 1. The van der Waals surface area contributed by atoms with E-state index in [1.165, 1.54) is 24.3 Å². The number of benzene rings is 2. The molecule has 0 aliphatic carbocycles. The standard InChI is InChI=1S/C23H23N3O7S/c1-14-3-6-16(7-4-14)34(31,32)33-12-2-11-24-15-5-8-17-18(13-15)23(30)26(22(17)29)19-9-10-20(27)25-21(19)28/h3-8,13,19,24H,2,9-12H2,1H3,(H,25,27,28). The van der Waals surface area contributed by atoms with Gasteiger partial charge in [-0.25, -0.2) is 0 Å². The van der Waals surface area contributed by atoms with E-state index in [1.54, 1.807) is 18.2 Å². The van der Waals surface area contributed by atoms with Gasteiger partial charge in [0.2, 0.25) is 11.8 Å². The highest BCUT2D eigenvalue weighted by Crippen LogP contribution is 2.29. The lowest BCUT2D eigenvalue weighted by molar-refractivity contribution is -0.136. The van der Waals surface area contributed by atoms with Crippen LogP contribution in [0.4, 0.5) is 5.69 Å². The third-order valence-electron chi connectivity index (χ3n) is 5.64. The quantitative estimate of drug-likeness (QED) is 0.327. The second-order valence-electron chi connectivity index (χ2n) is 8.08. The van der Waals surface area contributed by atoms with Crippen molar-refractivity contribution in [3.05, 3.63) is 59.2 Å². The van der Waals surface area contributed by atoms with Crippen LogP contribution in [0.1, 0.15) is 45.5 Å². The summed E-state index contributed by atoms with van der Waals surface area (Å²) in [5.41, 5.74) is 1.86. The minimum atomic E-state index is -3.84. The van der Waals surface area contributed by atoms with E-state index in [4.69, 9.17) is 4.18 Å². The molecule has 4 rings (SSSR count). The van der Waals surface area contributed by atoms with Gasteiger partial charge in [-0.1, -0.05) is 17.7 Å². The third kappa shape index (κ3) is 4.70. The van der Waals surface area contributed by atoms with Gasteiger partial charge in [0.05, 0.1) is 22.6 Å². The summed E-state index contributed by atoms with van der Waals surface area (Å²) >= 11 is 0. The van der Waals surface area contributed by atoms with Crippen molar-refractivity contribution in [2.75, 3.05) is 18.5 Å². The van der Waals surface area contributed by atoms with Crippen molar-refractivity contribution in [1.82, 2.24) is 10.2 Å². The molecule has 2 aliphatic heterocycles. The number of piperidine rings is 1. The summed E-state index contributed by atoms with van der Waals surface area (Å²) in [5, 5.41) is 5.23. The lowest BCUT2D eigenvalue weighted by Crippen LogP contribution is -2.54. The molecule has 1 fully saturated rings. The smallest absolute Gasteiger partial charge is 0.296 e. The van der Waals surface area contributed by atoms with Crippen LogP contribution in [0, 0.1) is 6.92 Å². The lowest BCUT2D eigenvalue weighted by Gasteiger charge is -2.27. The molecule has 2 heterocycles. The molecular formula is C23H23N3O7S. The molecule has 11 heteroatoms. The van der Waals surface area contributed by atoms with E-state index in [1.807, 2.05) is 6.92 Å². The van der Waals surface area contributed by atoms with E-state index < -0.39 is 39.8 Å². The minimum Gasteiger partial charge on any atom is -0.385 e. The maximum atomic E-state index is 12.9. The van der Waals surface area contributed by atoms with Gasteiger partial charge in [0, 0.05) is 18.7 Å². The predicted molar refractivity (Wildman–Crippen MR) is 121 cm³/mol. The topological polar surface area (TPSA) is 139 Å². The van der Waals surface area contributed by atoms with Gasteiger partial charge in [0.25, 0.3) is 21.9 Å². The highest BCUT2D eigenvalue weighted by Gasteiger charge is 2.44. The Bertz CT molecular complexity index is 1270. The highest BCUT2D eigenvalue weighted by molar-refractivity contribution is 7.86. The highest BCUT2D eigenvalue weighted by atomic mass is 32.2. The van der Waals surface area contributed by atoms with Crippen LogP contribution in [0.3, 0.4) is 0 Å². The summed E-state index contributed by atoms with van der Waals surface area (Å²) in [6, 6.07) is 10.00. The number of nitrogens with one attached hydrogen (secondary N) is 2. The average Bonchev–Trinajstić information content (AvgIpc) is 3.04. The van der Waals surface area contributed by atoms with E-state index in [2.05, 4.69) is 10.6 Å². The van der Waals surface area contributed by atoms with Crippen molar-refractivity contribution in [3.63, 3.8) is 0 Å². The van der Waals surface area contributed by atoms with Crippen LogP contribution in [-0.2, 0) is 23.9 Å². The zero-order valence-electron chi connectivity index (χ0n) is 18.4. The Kier molecular flexibility index (Phi) is 6.49. The summed E-state index contributed by atoms with van der Waals surface area (Å²) in [7, 11) is -3.84. The molecule has 0 bridgehead atoms. The summed E-state index contributed by atoms with van der Waals surface area (Å²) in [6.07, 6.45) is 0.516. The fourth-order valence-electron chi connectivity index (χ4n) is 3.83. The minimum absolute atomic E-state index is 0.0329. The number of imide groups is 2. The van der Waals surface area contributed by atoms with Gasteiger partial charge in [0.15, 0.2) is 0 Å². The molecule has 2 aromatic carbocycles. The summed E-state index contributed by atoms with van der Waals surface area (Å²) in [4.78, 5) is 50.1. The van der Waals surface area contributed by atoms with E-state index >= 15 is 0 Å². The van der Waals surface area contributed by atoms with Crippen LogP contribution in [0.2, 0.25) is 0 Å². The molecule has 1 unspecified atom stereocenters. The zero-order chi connectivity index (χ0) is 24.5. The molecule has 2 aromatic rings. The summed E-state index contributed by atoms with van der Waals surface area (Å²) in [6.45, 7) is 2.19. The number of fused-ring (bicyclic) bond motifs is 1. The SMILES string of the molecule is Cc1ccc(S(=O)(=O)OCCCNc2ccc3c(c2)C(=O)N(C2CCC(=O)NC2=O)C3=O)cc1. The lowest BCUT2D eigenvalue weighted by atomic mass is 10.0. The van der Waals surface area contributed by atoms with Crippen molar-refractivity contribution in [1.29, 1.82) is 0 Å². The number of hydrogen-bond acceptors (Lipinski definition) is 8. The van der Waals surface area contributed by atoms with Crippen molar-refractivity contribution >= 4 is 39.4 Å². The van der Waals surface area contributed by atoms with E-state index in [0.717, 1.165) is 10.5 Å². The molecule has 4 amide bonds. The Morgan fingerprint density at radius 3 is 2.44 bits per heavy atom. The molecule has 0 saturated carbocycles. The van der Waals surface area contributed by atoms with Gasteiger partial charge in [-0.3, -0.25) is 33.6 Å². The average molecular weight is 486 g/mol. The van der Waals surface area contributed by atoms with Crippen molar-refractivity contribution in [2.24, 2.45) is 0 Å². The maximum Gasteiger partial charge on any atom is 0.296 e. The molecule has 0 radical (unpaired) electrons. The Morgan fingerprint density at radius 1 is 1.03 bits per heavy atom. The van der Waals surface area contributed by atoms with Crippen LogP contribution >= 0.6 is 0 Å². The third-order valence-corrected chi connectivity index (χ3v) is 6.96. The van der Waals surface area contributed by atoms with E-state index in [0.29, 0.717) is 18.7 Å². The largest absolute Gasteiger partial charge is 0.385 e. The van der Waals surface area contributed by atoms with Gasteiger partial charge < -0.3 is 5.32 Å². The number of hydrogen-bond donors (Lipinski definition) is 2. The van der Waals surface area contributed by atoms with Gasteiger partial charge >= 0.3 is 0 Å². The molecule has 2 aliphatic rings. The molecule has 1 atom stereocenters. The van der Waals surface area contributed by atoms with Crippen molar-refractivity contribution in [3.8, 4) is 0 Å². The molecule has 2 N–H and O–H groups in total. The normalized spacial score (nSPS) is 18.1. The Balaban J connectivity index is 1.33. The van der Waals surface area contributed by atoms with Crippen LogP contribution < -0.4 is 10.6 Å². The molecule has 178 valence electrons. The molecule has 1 saturated heterocycles. The number of anilines is 1. The monoisotopic (exact) mass is 485 g/mol. The Morgan fingerprint density at radius 2 is 1.74 bits per heavy atom. The molecule has 0 spiro atoms. The van der Waals surface area contributed by atoms with Crippen LogP contribution in [0.25, 0.3) is 0 Å². The van der Waals surface area contributed by atoms with Gasteiger partial charge in [-0.2, -0.15) is 8.42 Å². The molecule has 0 aromatic heterocycles. The second-order valence-corrected chi connectivity index (χ2v) is 9.69. The zero-order valence-corrected chi connectivity index (χ0v) is 19.2. The first-order valence-electron chi connectivity index (χ1n) is 10.7. The number of aryl methyl sites for hydroxylation is 1. The summed E-state index contributed by atoms with van der Waals surface area (Å²) in [5.74, 6) is -2.26. The fraction of sp³-hybridized carbons (Fsp3) is 0.304. The molecular weight excluding hydrogens is 462 g/mol. The van der Waals surface area contributed by atoms with Gasteiger partial charge in [-0.15, -0.1) is 0 Å². The van der Waals surface area contributed by atoms with E-state index in [9.17, 15) is 27.6 Å². The number of carbonyl (C=O) groups is 4. The van der Waals surface area contributed by atoms with Crippen molar-refractivity contribution in [2.45, 2.75) is 37.1 Å². The van der Waals surface area contributed by atoms with Crippen molar-refractivity contribution < 1.29 is 31.8 Å². The van der Waals surface area contributed by atoms with Crippen LogP contribution in [0.5, 0.6) is 0 Å². The fourth-order valence-corrected chi connectivity index (χ4v) is 4.77. The van der Waals surface area contributed by atoms with Gasteiger partial charge in [-0.05, 0) is 50.1 Å². The maximum absolute atomic E-state index is 12.9.